The number of halogens is 1. The lowest BCUT2D eigenvalue weighted by Crippen LogP contribution is -2.23. The first-order chi connectivity index (χ1) is 10.9. The molecular formula is C19H37ClO2Si. The van der Waals surface area contributed by atoms with E-state index in [9.17, 15) is 4.79 Å². The van der Waals surface area contributed by atoms with Crippen molar-refractivity contribution in [2.24, 2.45) is 0 Å². The van der Waals surface area contributed by atoms with E-state index in [1.165, 1.54) is 63.1 Å². The second kappa shape index (κ2) is 14.1. The highest BCUT2D eigenvalue weighted by molar-refractivity contribution is 7.20. The van der Waals surface area contributed by atoms with Gasteiger partial charge in [0.05, 0.1) is 6.61 Å². The third-order valence-electron chi connectivity index (χ3n) is 4.62. The molecular weight excluding hydrogens is 324 g/mol. The van der Waals surface area contributed by atoms with Crippen LogP contribution in [0.25, 0.3) is 0 Å². The van der Waals surface area contributed by atoms with Crippen LogP contribution >= 0.6 is 11.1 Å². The first kappa shape index (κ1) is 22.7. The summed E-state index contributed by atoms with van der Waals surface area (Å²) in [7, 11) is -1.38. The largest absolute Gasteiger partial charge is 0.462 e. The van der Waals surface area contributed by atoms with Crippen LogP contribution in [0.1, 0.15) is 78.6 Å². The van der Waals surface area contributed by atoms with Gasteiger partial charge < -0.3 is 4.74 Å². The Kier molecular flexibility index (Phi) is 13.9. The molecule has 0 amide bonds. The number of unbranched alkanes of at least 4 members (excludes halogenated alkanes) is 8. The molecule has 0 unspecified atom stereocenters. The van der Waals surface area contributed by atoms with Crippen LogP contribution in [0.2, 0.25) is 18.1 Å². The fraction of sp³-hybridized carbons (Fsp3) is 0.842. The number of hydrogen-bond acceptors (Lipinski definition) is 2. The third-order valence-corrected chi connectivity index (χ3v) is 10.6. The second-order valence-electron chi connectivity index (χ2n) is 6.71. The van der Waals surface area contributed by atoms with Crippen molar-refractivity contribution in [2.75, 3.05) is 6.61 Å². The molecule has 23 heavy (non-hydrogen) atoms. The molecule has 2 nitrogen and oxygen atoms in total. The fourth-order valence-electron chi connectivity index (χ4n) is 2.67. The summed E-state index contributed by atoms with van der Waals surface area (Å²) in [5.41, 5.74) is 0.483. The number of rotatable bonds is 15. The molecule has 0 bridgehead atoms. The maximum absolute atomic E-state index is 11.2. The smallest absolute Gasteiger partial charge is 0.333 e. The number of hydrogen-bond donors (Lipinski definition) is 0. The predicted octanol–water partition coefficient (Wildman–Crippen LogP) is 6.84. The van der Waals surface area contributed by atoms with Gasteiger partial charge >= 0.3 is 5.97 Å². The monoisotopic (exact) mass is 360 g/mol. The van der Waals surface area contributed by atoms with E-state index in [1.54, 1.807) is 6.92 Å². The maximum atomic E-state index is 11.2. The zero-order valence-corrected chi connectivity index (χ0v) is 17.3. The summed E-state index contributed by atoms with van der Waals surface area (Å²) in [5, 5.41) is 0. The van der Waals surface area contributed by atoms with Crippen molar-refractivity contribution in [3.05, 3.63) is 12.2 Å². The lowest BCUT2D eigenvalue weighted by molar-refractivity contribution is -0.139. The molecule has 0 aromatic carbocycles. The summed E-state index contributed by atoms with van der Waals surface area (Å²) in [6.07, 6.45) is 11.4. The number of ether oxygens (including phenoxy) is 1. The summed E-state index contributed by atoms with van der Waals surface area (Å²) >= 11 is 6.67. The van der Waals surface area contributed by atoms with Gasteiger partial charge in [-0.3, -0.25) is 0 Å². The normalized spacial score (nSPS) is 11.5. The van der Waals surface area contributed by atoms with Crippen molar-refractivity contribution in [1.29, 1.82) is 0 Å². The predicted molar refractivity (Wildman–Crippen MR) is 105 cm³/mol. The van der Waals surface area contributed by atoms with E-state index in [2.05, 4.69) is 20.4 Å². The molecule has 136 valence electrons. The van der Waals surface area contributed by atoms with Crippen LogP contribution in [0.4, 0.5) is 0 Å². The minimum Gasteiger partial charge on any atom is -0.462 e. The summed E-state index contributed by atoms with van der Waals surface area (Å²) in [5.74, 6) is -0.264. The molecule has 0 saturated heterocycles. The van der Waals surface area contributed by atoms with Crippen molar-refractivity contribution in [3.8, 4) is 0 Å². The van der Waals surface area contributed by atoms with Crippen molar-refractivity contribution in [1.82, 2.24) is 0 Å². The molecule has 0 aliphatic heterocycles. The zero-order valence-electron chi connectivity index (χ0n) is 15.6. The van der Waals surface area contributed by atoms with Crippen LogP contribution in [-0.4, -0.2) is 20.0 Å². The van der Waals surface area contributed by atoms with Crippen LogP contribution in [0.5, 0.6) is 0 Å². The first-order valence-electron chi connectivity index (χ1n) is 9.46. The summed E-state index contributed by atoms with van der Waals surface area (Å²) in [6.45, 7) is 10.3. The molecule has 0 heterocycles. The molecule has 0 aliphatic rings. The maximum Gasteiger partial charge on any atom is 0.333 e. The SMILES string of the molecule is C=C(C)C(=O)OCCCCCCCCCCC[Si](Cl)(CC)CC. The van der Waals surface area contributed by atoms with E-state index in [-0.39, 0.29) is 5.97 Å². The highest BCUT2D eigenvalue weighted by Gasteiger charge is 2.24. The zero-order chi connectivity index (χ0) is 17.6. The highest BCUT2D eigenvalue weighted by Crippen LogP contribution is 2.27. The summed E-state index contributed by atoms with van der Waals surface area (Å²) < 4.78 is 5.08. The molecule has 4 heteroatoms. The third kappa shape index (κ3) is 12.8. The van der Waals surface area contributed by atoms with Gasteiger partial charge in [0.25, 0.3) is 0 Å². The first-order valence-corrected chi connectivity index (χ1v) is 13.1. The van der Waals surface area contributed by atoms with Gasteiger partial charge in [0.15, 0.2) is 7.38 Å². The lowest BCUT2D eigenvalue weighted by atomic mass is 10.1. The van der Waals surface area contributed by atoms with Gasteiger partial charge in [0.2, 0.25) is 0 Å². The van der Waals surface area contributed by atoms with Gasteiger partial charge in [-0.2, -0.15) is 11.1 Å². The summed E-state index contributed by atoms with van der Waals surface area (Å²) in [6, 6.07) is 3.73. The van der Waals surface area contributed by atoms with Crippen LogP contribution in [0.15, 0.2) is 12.2 Å². The Labute approximate surface area is 149 Å². The van der Waals surface area contributed by atoms with Gasteiger partial charge in [-0.1, -0.05) is 71.8 Å². The minimum absolute atomic E-state index is 0.264. The highest BCUT2D eigenvalue weighted by atomic mass is 35.6. The van der Waals surface area contributed by atoms with Crippen LogP contribution in [-0.2, 0) is 9.53 Å². The average molecular weight is 361 g/mol. The Hall–Kier alpha value is -0.283. The van der Waals surface area contributed by atoms with Crippen molar-refractivity contribution in [2.45, 2.75) is 96.7 Å². The molecule has 0 fully saturated rings. The number of carbonyl (C=O) groups is 1. The van der Waals surface area contributed by atoms with Crippen LogP contribution in [0.3, 0.4) is 0 Å². The minimum atomic E-state index is -1.38. The number of esters is 1. The van der Waals surface area contributed by atoms with E-state index >= 15 is 0 Å². The molecule has 0 N–H and O–H groups in total. The van der Waals surface area contributed by atoms with Gasteiger partial charge in [-0.15, -0.1) is 0 Å². The second-order valence-corrected chi connectivity index (χ2v) is 13.3. The Morgan fingerprint density at radius 3 is 1.78 bits per heavy atom. The van der Waals surface area contributed by atoms with E-state index in [0.29, 0.717) is 12.2 Å². The van der Waals surface area contributed by atoms with Gasteiger partial charge in [0, 0.05) is 5.57 Å². The van der Waals surface area contributed by atoms with Gasteiger partial charge in [-0.05, 0) is 31.5 Å². The molecule has 0 aliphatic carbocycles. The van der Waals surface area contributed by atoms with E-state index in [0.717, 1.165) is 12.8 Å². The molecule has 0 rings (SSSR count). The van der Waals surface area contributed by atoms with Crippen LogP contribution < -0.4 is 0 Å². The van der Waals surface area contributed by atoms with Crippen LogP contribution in [0, 0.1) is 0 Å². The van der Waals surface area contributed by atoms with Crippen molar-refractivity contribution < 1.29 is 9.53 Å². The molecule has 0 aromatic rings. The average Bonchev–Trinajstić information content (AvgIpc) is 2.55. The Balaban J connectivity index is 3.28. The van der Waals surface area contributed by atoms with Gasteiger partial charge in [0.1, 0.15) is 0 Å². The number of carbonyl (C=O) groups excluding carboxylic acids is 1. The van der Waals surface area contributed by atoms with E-state index in [4.69, 9.17) is 15.8 Å². The molecule has 0 aromatic heterocycles. The summed E-state index contributed by atoms with van der Waals surface area (Å²) in [4.78, 5) is 11.2. The molecule has 0 atom stereocenters. The Bertz CT molecular complexity index is 327. The molecule has 0 spiro atoms. The Morgan fingerprint density at radius 1 is 0.913 bits per heavy atom. The van der Waals surface area contributed by atoms with Gasteiger partial charge in [-0.25, -0.2) is 4.79 Å². The van der Waals surface area contributed by atoms with Crippen molar-refractivity contribution in [3.63, 3.8) is 0 Å². The van der Waals surface area contributed by atoms with E-state index in [1.807, 2.05) is 0 Å². The molecule has 0 radical (unpaired) electrons. The fourth-order valence-corrected chi connectivity index (χ4v) is 5.16. The van der Waals surface area contributed by atoms with Crippen molar-refractivity contribution >= 4 is 24.4 Å². The topological polar surface area (TPSA) is 26.3 Å². The lowest BCUT2D eigenvalue weighted by Gasteiger charge is -2.20. The van der Waals surface area contributed by atoms with E-state index < -0.39 is 7.38 Å². The quantitative estimate of drug-likeness (QED) is 0.105. The molecule has 0 saturated carbocycles. The Morgan fingerprint density at radius 2 is 1.35 bits per heavy atom. The standard InChI is InChI=1S/C19H37ClO2Si/c1-5-23(20,6-2)17-15-13-11-9-7-8-10-12-14-16-22-19(21)18(3)4/h3,5-17H2,1-2,4H3.